The highest BCUT2D eigenvalue weighted by Gasteiger charge is 2.06. The molecule has 68 valence electrons. The molecule has 0 fully saturated rings. The van der Waals surface area contributed by atoms with Gasteiger partial charge in [0.15, 0.2) is 17.4 Å². The van der Waals surface area contributed by atoms with Crippen LogP contribution in [0.4, 0.5) is 8.78 Å². The van der Waals surface area contributed by atoms with Crippen LogP contribution >= 0.6 is 0 Å². The average molecular weight is 182 g/mol. The van der Waals surface area contributed by atoms with E-state index in [-0.39, 0.29) is 11.3 Å². The Balaban J connectivity index is 3.04. The molecule has 0 unspecified atom stereocenters. The fraction of sp³-hybridized carbons (Fsp3) is 0.100. The van der Waals surface area contributed by atoms with Crippen molar-refractivity contribution in [2.75, 3.05) is 0 Å². The molecular weight excluding hydrogens is 174 g/mol. The number of carbonyl (C=O) groups is 1. The first-order valence-corrected chi connectivity index (χ1v) is 3.77. The summed E-state index contributed by atoms with van der Waals surface area (Å²) in [5.41, 5.74) is 0.150. The van der Waals surface area contributed by atoms with E-state index in [1.165, 1.54) is 12.1 Å². The second-order valence-corrected chi connectivity index (χ2v) is 2.49. The molecule has 0 saturated heterocycles. The van der Waals surface area contributed by atoms with E-state index in [9.17, 15) is 13.6 Å². The zero-order valence-corrected chi connectivity index (χ0v) is 7.05. The molecule has 1 aromatic rings. The van der Waals surface area contributed by atoms with Crippen LogP contribution in [0.15, 0.2) is 30.4 Å². The van der Waals surface area contributed by atoms with Crippen LogP contribution in [0.25, 0.3) is 0 Å². The van der Waals surface area contributed by atoms with Crippen molar-refractivity contribution < 1.29 is 13.6 Å². The molecule has 0 saturated carbocycles. The normalized spacial score (nSPS) is 10.7. The van der Waals surface area contributed by atoms with Crippen LogP contribution in [0.2, 0.25) is 0 Å². The van der Waals surface area contributed by atoms with Crippen molar-refractivity contribution in [2.24, 2.45) is 0 Å². The molecule has 0 amide bonds. The molecule has 0 spiro atoms. The first-order valence-electron chi connectivity index (χ1n) is 3.77. The van der Waals surface area contributed by atoms with E-state index < -0.39 is 11.6 Å². The minimum Gasteiger partial charge on any atom is -0.289 e. The molecule has 1 rings (SSSR count). The van der Waals surface area contributed by atoms with Crippen LogP contribution in [-0.4, -0.2) is 5.78 Å². The Labute approximate surface area is 74.7 Å². The molecule has 0 bridgehead atoms. The van der Waals surface area contributed by atoms with Gasteiger partial charge in [0.05, 0.1) is 0 Å². The lowest BCUT2D eigenvalue weighted by atomic mass is 10.1. The zero-order chi connectivity index (χ0) is 9.84. The van der Waals surface area contributed by atoms with E-state index in [2.05, 4.69) is 0 Å². The van der Waals surface area contributed by atoms with Gasteiger partial charge in [-0.3, -0.25) is 4.79 Å². The van der Waals surface area contributed by atoms with Gasteiger partial charge < -0.3 is 0 Å². The van der Waals surface area contributed by atoms with E-state index in [0.29, 0.717) is 0 Å². The third kappa shape index (κ3) is 2.21. The van der Waals surface area contributed by atoms with Crippen molar-refractivity contribution in [1.82, 2.24) is 0 Å². The van der Waals surface area contributed by atoms with E-state index >= 15 is 0 Å². The highest BCUT2D eigenvalue weighted by Crippen LogP contribution is 2.09. The predicted molar refractivity (Wildman–Crippen MR) is 45.5 cm³/mol. The SMILES string of the molecule is CC=CC(=O)c1ccc(F)c(F)c1. The van der Waals surface area contributed by atoms with Crippen molar-refractivity contribution >= 4 is 5.78 Å². The first-order chi connectivity index (χ1) is 6.15. The maximum Gasteiger partial charge on any atom is 0.185 e. The van der Waals surface area contributed by atoms with Crippen LogP contribution in [0.1, 0.15) is 17.3 Å². The summed E-state index contributed by atoms with van der Waals surface area (Å²) in [6.07, 6.45) is 2.84. The number of benzene rings is 1. The lowest BCUT2D eigenvalue weighted by Gasteiger charge is -1.96. The van der Waals surface area contributed by atoms with Crippen LogP contribution < -0.4 is 0 Å². The molecule has 0 aromatic heterocycles. The van der Waals surface area contributed by atoms with Crippen LogP contribution in [0.5, 0.6) is 0 Å². The van der Waals surface area contributed by atoms with E-state index in [4.69, 9.17) is 0 Å². The number of rotatable bonds is 2. The van der Waals surface area contributed by atoms with Gasteiger partial charge in [-0.1, -0.05) is 6.08 Å². The van der Waals surface area contributed by atoms with Crippen molar-refractivity contribution in [3.63, 3.8) is 0 Å². The van der Waals surface area contributed by atoms with E-state index in [1.54, 1.807) is 13.0 Å². The second kappa shape index (κ2) is 3.94. The Morgan fingerprint density at radius 1 is 1.31 bits per heavy atom. The fourth-order valence-corrected chi connectivity index (χ4v) is 0.897. The number of hydrogen-bond acceptors (Lipinski definition) is 1. The van der Waals surface area contributed by atoms with Crippen molar-refractivity contribution in [1.29, 1.82) is 0 Å². The quantitative estimate of drug-likeness (QED) is 0.507. The van der Waals surface area contributed by atoms with Gasteiger partial charge in [0.1, 0.15) is 0 Å². The second-order valence-electron chi connectivity index (χ2n) is 2.49. The Hall–Kier alpha value is -1.51. The standard InChI is InChI=1S/C10H8F2O/c1-2-3-10(13)7-4-5-8(11)9(12)6-7/h2-6H,1H3. The lowest BCUT2D eigenvalue weighted by Crippen LogP contribution is -1.96. The molecule has 3 heteroatoms. The summed E-state index contributed by atoms with van der Waals surface area (Å²) < 4.78 is 25.1. The first kappa shape index (κ1) is 9.58. The summed E-state index contributed by atoms with van der Waals surface area (Å²) in [4.78, 5) is 11.1. The van der Waals surface area contributed by atoms with Gasteiger partial charge in [0, 0.05) is 5.56 Å². The van der Waals surface area contributed by atoms with Gasteiger partial charge in [0.25, 0.3) is 0 Å². The summed E-state index contributed by atoms with van der Waals surface area (Å²) >= 11 is 0. The fourth-order valence-electron chi connectivity index (χ4n) is 0.897. The maximum atomic E-state index is 12.6. The Morgan fingerprint density at radius 3 is 2.54 bits per heavy atom. The minimum atomic E-state index is -1.00. The minimum absolute atomic E-state index is 0.150. The number of carbonyl (C=O) groups excluding carboxylic acids is 1. The summed E-state index contributed by atoms with van der Waals surface area (Å²) in [7, 11) is 0. The zero-order valence-electron chi connectivity index (χ0n) is 7.05. The molecule has 0 atom stereocenters. The van der Waals surface area contributed by atoms with Gasteiger partial charge in [0.2, 0.25) is 0 Å². The molecule has 13 heavy (non-hydrogen) atoms. The summed E-state index contributed by atoms with van der Waals surface area (Å²) in [5, 5.41) is 0. The summed E-state index contributed by atoms with van der Waals surface area (Å²) in [6.45, 7) is 1.68. The maximum absolute atomic E-state index is 12.6. The smallest absolute Gasteiger partial charge is 0.185 e. The van der Waals surface area contributed by atoms with Crippen molar-refractivity contribution in [3.8, 4) is 0 Å². The third-order valence-corrected chi connectivity index (χ3v) is 1.52. The Kier molecular flexibility index (Phi) is 2.90. The molecule has 0 heterocycles. The molecular formula is C10H8F2O. The molecule has 1 aromatic carbocycles. The molecule has 0 N–H and O–H groups in total. The third-order valence-electron chi connectivity index (χ3n) is 1.52. The van der Waals surface area contributed by atoms with Crippen molar-refractivity contribution in [3.05, 3.63) is 47.5 Å². The monoisotopic (exact) mass is 182 g/mol. The topological polar surface area (TPSA) is 17.1 Å². The number of ketones is 1. The number of hydrogen-bond donors (Lipinski definition) is 0. The van der Waals surface area contributed by atoms with Crippen LogP contribution in [0.3, 0.4) is 0 Å². The highest BCUT2D eigenvalue weighted by atomic mass is 19.2. The van der Waals surface area contributed by atoms with E-state index in [1.807, 2.05) is 0 Å². The molecule has 1 nitrogen and oxygen atoms in total. The van der Waals surface area contributed by atoms with Gasteiger partial charge in [-0.25, -0.2) is 8.78 Å². The Bertz CT molecular complexity index is 356. The van der Waals surface area contributed by atoms with Gasteiger partial charge in [-0.2, -0.15) is 0 Å². The molecule has 0 aliphatic heterocycles. The van der Waals surface area contributed by atoms with Gasteiger partial charge in [-0.15, -0.1) is 0 Å². The van der Waals surface area contributed by atoms with Gasteiger partial charge in [-0.05, 0) is 31.2 Å². The summed E-state index contributed by atoms with van der Waals surface area (Å²) in [6, 6.07) is 3.07. The predicted octanol–water partition coefficient (Wildman–Crippen LogP) is 2.72. The Morgan fingerprint density at radius 2 is 2.00 bits per heavy atom. The van der Waals surface area contributed by atoms with Gasteiger partial charge >= 0.3 is 0 Å². The molecule has 0 radical (unpaired) electrons. The largest absolute Gasteiger partial charge is 0.289 e. The number of halogens is 2. The summed E-state index contributed by atoms with van der Waals surface area (Å²) in [5.74, 6) is -2.28. The average Bonchev–Trinajstić information content (AvgIpc) is 2.10. The van der Waals surface area contributed by atoms with Crippen LogP contribution in [-0.2, 0) is 0 Å². The van der Waals surface area contributed by atoms with Crippen molar-refractivity contribution in [2.45, 2.75) is 6.92 Å². The lowest BCUT2D eigenvalue weighted by molar-refractivity contribution is 0.104. The highest BCUT2D eigenvalue weighted by molar-refractivity contribution is 6.04. The van der Waals surface area contributed by atoms with E-state index in [0.717, 1.165) is 12.1 Å². The number of allylic oxidation sites excluding steroid dienone is 2. The molecule has 0 aliphatic rings. The van der Waals surface area contributed by atoms with Crippen LogP contribution in [0, 0.1) is 11.6 Å². The molecule has 0 aliphatic carbocycles.